The summed E-state index contributed by atoms with van der Waals surface area (Å²) in [7, 11) is 0. The highest BCUT2D eigenvalue weighted by Gasteiger charge is 2.16. The van der Waals surface area contributed by atoms with Crippen molar-refractivity contribution in [2.45, 2.75) is 6.54 Å². The number of carbonyl (C=O) groups is 1. The zero-order valence-corrected chi connectivity index (χ0v) is 14.0. The number of nitro groups is 1. The topological polar surface area (TPSA) is 90.7 Å². The van der Waals surface area contributed by atoms with Crippen LogP contribution in [0.5, 0.6) is 11.5 Å². The SMILES string of the molecule is O=C(NCc1ccc2c(c1)OCCO2)c1ccc(Br)c([N+](=O)[O-])c1. The van der Waals surface area contributed by atoms with Crippen LogP contribution in [-0.4, -0.2) is 24.0 Å². The number of hydrogen-bond donors (Lipinski definition) is 1. The van der Waals surface area contributed by atoms with Crippen LogP contribution in [0.2, 0.25) is 0 Å². The lowest BCUT2D eigenvalue weighted by Crippen LogP contribution is -2.23. The quantitative estimate of drug-likeness (QED) is 0.637. The van der Waals surface area contributed by atoms with Crippen molar-refractivity contribution in [1.29, 1.82) is 0 Å². The summed E-state index contributed by atoms with van der Waals surface area (Å²) in [6, 6.07) is 9.67. The van der Waals surface area contributed by atoms with Gasteiger partial charge < -0.3 is 14.8 Å². The molecule has 2 aromatic carbocycles. The fourth-order valence-corrected chi connectivity index (χ4v) is 2.67. The summed E-state index contributed by atoms with van der Waals surface area (Å²) in [5, 5.41) is 13.7. The minimum absolute atomic E-state index is 0.151. The van der Waals surface area contributed by atoms with Gasteiger partial charge in [0.15, 0.2) is 11.5 Å². The van der Waals surface area contributed by atoms with Gasteiger partial charge in [0.1, 0.15) is 13.2 Å². The zero-order chi connectivity index (χ0) is 17.1. The number of ether oxygens (including phenoxy) is 2. The fraction of sp³-hybridized carbons (Fsp3) is 0.188. The Bertz CT molecular complexity index is 809. The molecule has 0 fully saturated rings. The molecule has 0 radical (unpaired) electrons. The first kappa shape index (κ1) is 16.3. The Kier molecular flexibility index (Phi) is 4.66. The first-order valence-corrected chi connectivity index (χ1v) is 7.94. The van der Waals surface area contributed by atoms with E-state index in [4.69, 9.17) is 9.47 Å². The Labute approximate surface area is 145 Å². The third-order valence-electron chi connectivity index (χ3n) is 3.46. The van der Waals surface area contributed by atoms with Crippen LogP contribution in [0.4, 0.5) is 5.69 Å². The molecule has 0 saturated heterocycles. The van der Waals surface area contributed by atoms with E-state index in [1.165, 1.54) is 18.2 Å². The minimum atomic E-state index is -0.540. The Morgan fingerprint density at radius 3 is 2.67 bits per heavy atom. The number of amides is 1. The second kappa shape index (κ2) is 6.88. The number of halogens is 1. The smallest absolute Gasteiger partial charge is 0.284 e. The van der Waals surface area contributed by atoms with Gasteiger partial charge in [-0.05, 0) is 45.8 Å². The highest BCUT2D eigenvalue weighted by atomic mass is 79.9. The van der Waals surface area contributed by atoms with Crippen molar-refractivity contribution in [3.05, 3.63) is 62.1 Å². The van der Waals surface area contributed by atoms with Gasteiger partial charge in [-0.2, -0.15) is 0 Å². The number of nitro benzene ring substituents is 1. The van der Waals surface area contributed by atoms with E-state index < -0.39 is 4.92 Å². The summed E-state index contributed by atoms with van der Waals surface area (Å²) in [6.07, 6.45) is 0. The molecule has 0 saturated carbocycles. The molecule has 8 heteroatoms. The van der Waals surface area contributed by atoms with Crippen LogP contribution in [0.3, 0.4) is 0 Å². The number of rotatable bonds is 4. The van der Waals surface area contributed by atoms with Crippen LogP contribution < -0.4 is 14.8 Å². The molecule has 1 heterocycles. The lowest BCUT2D eigenvalue weighted by atomic mass is 10.1. The lowest BCUT2D eigenvalue weighted by Gasteiger charge is -2.19. The highest BCUT2D eigenvalue weighted by molar-refractivity contribution is 9.10. The third kappa shape index (κ3) is 3.48. The number of carbonyl (C=O) groups excluding carboxylic acids is 1. The maximum Gasteiger partial charge on any atom is 0.284 e. The average Bonchev–Trinajstić information content (AvgIpc) is 2.59. The number of nitrogens with zero attached hydrogens (tertiary/aromatic N) is 1. The van der Waals surface area contributed by atoms with Crippen molar-refractivity contribution in [1.82, 2.24) is 5.32 Å². The molecule has 124 valence electrons. The van der Waals surface area contributed by atoms with Gasteiger partial charge in [0, 0.05) is 18.2 Å². The third-order valence-corrected chi connectivity index (χ3v) is 4.14. The van der Waals surface area contributed by atoms with Gasteiger partial charge in [-0.1, -0.05) is 6.07 Å². The van der Waals surface area contributed by atoms with Crippen LogP contribution in [0.1, 0.15) is 15.9 Å². The van der Waals surface area contributed by atoms with Gasteiger partial charge in [0.2, 0.25) is 0 Å². The van der Waals surface area contributed by atoms with E-state index in [9.17, 15) is 14.9 Å². The summed E-state index contributed by atoms with van der Waals surface area (Å²) in [4.78, 5) is 22.6. The summed E-state index contributed by atoms with van der Waals surface area (Å²) < 4.78 is 11.3. The predicted octanol–water partition coefficient (Wildman–Crippen LogP) is 3.06. The lowest BCUT2D eigenvalue weighted by molar-refractivity contribution is -0.385. The van der Waals surface area contributed by atoms with Gasteiger partial charge in [-0.3, -0.25) is 14.9 Å². The minimum Gasteiger partial charge on any atom is -0.486 e. The Morgan fingerprint density at radius 1 is 1.17 bits per heavy atom. The van der Waals surface area contributed by atoms with Crippen molar-refractivity contribution in [3.8, 4) is 11.5 Å². The van der Waals surface area contributed by atoms with Crippen molar-refractivity contribution in [2.24, 2.45) is 0 Å². The van der Waals surface area contributed by atoms with E-state index in [1.807, 2.05) is 6.07 Å². The van der Waals surface area contributed by atoms with E-state index in [-0.39, 0.29) is 23.7 Å². The second-order valence-corrected chi connectivity index (χ2v) is 5.94. The van der Waals surface area contributed by atoms with Crippen LogP contribution >= 0.6 is 15.9 Å². The fourth-order valence-electron chi connectivity index (χ4n) is 2.28. The van der Waals surface area contributed by atoms with Crippen LogP contribution in [-0.2, 0) is 6.54 Å². The molecule has 0 spiro atoms. The molecular weight excluding hydrogens is 380 g/mol. The zero-order valence-electron chi connectivity index (χ0n) is 12.5. The Balaban J connectivity index is 1.69. The molecule has 1 N–H and O–H groups in total. The number of hydrogen-bond acceptors (Lipinski definition) is 5. The molecule has 0 bridgehead atoms. The number of benzene rings is 2. The summed E-state index contributed by atoms with van der Waals surface area (Å²) in [5.41, 5.74) is 0.920. The molecule has 7 nitrogen and oxygen atoms in total. The van der Waals surface area contributed by atoms with Gasteiger partial charge >= 0.3 is 0 Å². The molecule has 0 aromatic heterocycles. The van der Waals surface area contributed by atoms with Crippen molar-refractivity contribution < 1.29 is 19.2 Å². The van der Waals surface area contributed by atoms with Gasteiger partial charge in [0.05, 0.1) is 9.40 Å². The molecule has 24 heavy (non-hydrogen) atoms. The van der Waals surface area contributed by atoms with Gasteiger partial charge in [-0.25, -0.2) is 0 Å². The molecular formula is C16H13BrN2O5. The predicted molar refractivity (Wildman–Crippen MR) is 89.4 cm³/mol. The summed E-state index contributed by atoms with van der Waals surface area (Å²) in [6.45, 7) is 1.29. The van der Waals surface area contributed by atoms with Crippen LogP contribution in [0.15, 0.2) is 40.9 Å². The number of nitrogens with one attached hydrogen (secondary N) is 1. The molecule has 2 aromatic rings. The van der Waals surface area contributed by atoms with E-state index in [0.29, 0.717) is 29.2 Å². The molecule has 0 unspecified atom stereocenters. The highest BCUT2D eigenvalue weighted by Crippen LogP contribution is 2.30. The van der Waals surface area contributed by atoms with E-state index >= 15 is 0 Å². The van der Waals surface area contributed by atoms with E-state index in [1.54, 1.807) is 12.1 Å². The first-order valence-electron chi connectivity index (χ1n) is 7.15. The largest absolute Gasteiger partial charge is 0.486 e. The monoisotopic (exact) mass is 392 g/mol. The molecule has 1 aliphatic rings. The maximum atomic E-state index is 12.2. The molecule has 0 atom stereocenters. The van der Waals surface area contributed by atoms with Crippen LogP contribution in [0.25, 0.3) is 0 Å². The molecule has 0 aliphatic carbocycles. The first-order chi connectivity index (χ1) is 11.5. The van der Waals surface area contributed by atoms with Crippen molar-refractivity contribution >= 4 is 27.5 Å². The van der Waals surface area contributed by atoms with Crippen molar-refractivity contribution in [2.75, 3.05) is 13.2 Å². The van der Waals surface area contributed by atoms with Crippen LogP contribution in [0, 0.1) is 10.1 Å². The van der Waals surface area contributed by atoms with Gasteiger partial charge in [0.25, 0.3) is 11.6 Å². The normalized spacial score (nSPS) is 12.5. The molecule has 3 rings (SSSR count). The standard InChI is InChI=1S/C16H13BrN2O5/c17-12-3-2-11(8-13(12)19(21)22)16(20)18-9-10-1-4-14-15(7-10)24-6-5-23-14/h1-4,7-8H,5-6,9H2,(H,18,20). The van der Waals surface area contributed by atoms with E-state index in [0.717, 1.165) is 5.56 Å². The molecule has 1 aliphatic heterocycles. The maximum absolute atomic E-state index is 12.2. The average molecular weight is 393 g/mol. The number of fused-ring (bicyclic) bond motifs is 1. The second-order valence-electron chi connectivity index (χ2n) is 5.08. The Morgan fingerprint density at radius 2 is 1.92 bits per heavy atom. The van der Waals surface area contributed by atoms with Crippen molar-refractivity contribution in [3.63, 3.8) is 0 Å². The van der Waals surface area contributed by atoms with E-state index in [2.05, 4.69) is 21.2 Å². The molecule has 1 amide bonds. The summed E-state index contributed by atoms with van der Waals surface area (Å²) in [5.74, 6) is 0.938. The summed E-state index contributed by atoms with van der Waals surface area (Å²) >= 11 is 3.09. The Hall–Kier alpha value is -2.61. The van der Waals surface area contributed by atoms with Gasteiger partial charge in [-0.15, -0.1) is 0 Å².